The third-order valence-corrected chi connectivity index (χ3v) is 10.1. The highest BCUT2D eigenvalue weighted by Gasteiger charge is 2.58. The minimum atomic E-state index is -5.03. The molecule has 2 amide bonds. The molecule has 1 aromatic carbocycles. The first kappa shape index (κ1) is 40.3. The van der Waals surface area contributed by atoms with Crippen molar-refractivity contribution in [3.63, 3.8) is 0 Å². The number of carboxylic acids is 1. The number of rotatable bonds is 17. The average Bonchev–Trinajstić information content (AvgIpc) is 3.56. The maximum atomic E-state index is 13.5. The molecule has 54 heavy (non-hydrogen) atoms. The van der Waals surface area contributed by atoms with Crippen LogP contribution in [0.5, 0.6) is 5.75 Å². The highest BCUT2D eigenvalue weighted by molar-refractivity contribution is 7.80. The maximum Gasteiger partial charge on any atom is 0.418 e. The van der Waals surface area contributed by atoms with Gasteiger partial charge in [-0.15, -0.1) is 15.6 Å². The van der Waals surface area contributed by atoms with Crippen molar-refractivity contribution in [3.05, 3.63) is 53.2 Å². The van der Waals surface area contributed by atoms with E-state index in [1.807, 2.05) is 24.3 Å². The summed E-state index contributed by atoms with van der Waals surface area (Å²) in [6, 6.07) is 8.32. The number of amides is 2. The Labute approximate surface area is 315 Å². The van der Waals surface area contributed by atoms with Gasteiger partial charge in [-0.1, -0.05) is 11.2 Å². The summed E-state index contributed by atoms with van der Waals surface area (Å²) in [7, 11) is -5.03. The van der Waals surface area contributed by atoms with E-state index in [1.165, 1.54) is 26.2 Å². The van der Waals surface area contributed by atoms with Crippen LogP contribution < -0.4 is 37.1 Å². The van der Waals surface area contributed by atoms with E-state index in [-0.39, 0.29) is 17.2 Å². The molecule has 1 fully saturated rings. The maximum absolute atomic E-state index is 13.5. The molecule has 2 aromatic heterocycles. The number of β-lactam (4-membered cyclic amide) rings is 1. The lowest BCUT2D eigenvalue weighted by atomic mass is 9.84. The molecule has 3 aromatic rings. The molecule has 0 unspecified atom stereocenters. The number of aromatic nitrogens is 2. The van der Waals surface area contributed by atoms with Gasteiger partial charge in [-0.05, 0) is 88.9 Å². The van der Waals surface area contributed by atoms with E-state index in [4.69, 9.17) is 31.3 Å². The predicted octanol–water partition coefficient (Wildman–Crippen LogP) is 0.587. The van der Waals surface area contributed by atoms with E-state index < -0.39 is 57.2 Å². The van der Waals surface area contributed by atoms with Crippen molar-refractivity contribution in [2.75, 3.05) is 30.7 Å². The molecule has 2 aliphatic rings. The molecule has 19 nitrogen and oxygen atoms in total. The van der Waals surface area contributed by atoms with Crippen LogP contribution in [-0.4, -0.2) is 94.5 Å². The van der Waals surface area contributed by atoms with Crippen LogP contribution in [0.2, 0.25) is 0 Å². The number of fused-ring (bicyclic) bond motifs is 1. The third kappa shape index (κ3) is 8.71. The Bertz CT molecular complexity index is 2040. The topological polar surface area (TPSA) is 288 Å². The fourth-order valence-corrected chi connectivity index (χ4v) is 7.00. The van der Waals surface area contributed by atoms with Crippen molar-refractivity contribution in [2.45, 2.75) is 76.3 Å². The minimum Gasteiger partial charge on any atom is -0.485 e. The van der Waals surface area contributed by atoms with E-state index >= 15 is 0 Å². The van der Waals surface area contributed by atoms with Gasteiger partial charge in [0.1, 0.15) is 17.5 Å². The Kier molecular flexibility index (Phi) is 12.1. The minimum absolute atomic E-state index is 0.0614. The molecule has 10 N–H and O–H groups in total. The number of nitrogens with two attached hydrogens (primary N) is 3. The predicted molar refractivity (Wildman–Crippen MR) is 196 cm³/mol. The normalized spacial score (nSPS) is 19.2. The summed E-state index contributed by atoms with van der Waals surface area (Å²) in [5.41, 5.74) is 15.8. The fraction of sp³-hybridized carbons (Fsp3) is 0.455. The number of hydrogen-bond acceptors (Lipinski definition) is 15. The Morgan fingerprint density at radius 1 is 1.20 bits per heavy atom. The molecule has 4 heterocycles. The van der Waals surface area contributed by atoms with Crippen LogP contribution in [0, 0.1) is 0 Å². The number of nitrogen functional groups attached to an aromatic ring is 1. The number of hydrogen-bond donors (Lipinski definition) is 7. The van der Waals surface area contributed by atoms with E-state index in [0.29, 0.717) is 30.3 Å². The quantitative estimate of drug-likeness (QED) is 0.0246. The van der Waals surface area contributed by atoms with Gasteiger partial charge < -0.3 is 37.2 Å². The zero-order valence-electron chi connectivity index (χ0n) is 29.9. The van der Waals surface area contributed by atoms with Gasteiger partial charge in [-0.25, -0.2) is 14.3 Å². The first-order valence-electron chi connectivity index (χ1n) is 17.0. The zero-order chi connectivity index (χ0) is 39.4. The van der Waals surface area contributed by atoms with Crippen LogP contribution in [0.4, 0.5) is 10.9 Å². The molecular weight excluding hydrogens is 747 g/mol. The Morgan fingerprint density at radius 2 is 1.93 bits per heavy atom. The number of aliphatic carboxylic acids is 1. The van der Waals surface area contributed by atoms with Crippen LogP contribution in [-0.2, 0) is 46.9 Å². The largest absolute Gasteiger partial charge is 0.485 e. The average molecular weight is 791 g/mol. The van der Waals surface area contributed by atoms with Gasteiger partial charge in [-0.2, -0.15) is 13.5 Å². The molecule has 0 aliphatic carbocycles. The van der Waals surface area contributed by atoms with Gasteiger partial charge >= 0.3 is 16.4 Å². The monoisotopic (exact) mass is 790 g/mol. The van der Waals surface area contributed by atoms with Gasteiger partial charge in [0.2, 0.25) is 0 Å². The highest BCUT2D eigenvalue weighted by atomic mass is 32.3. The summed E-state index contributed by atoms with van der Waals surface area (Å²) in [6.07, 6.45) is 3.28. The Hall–Kier alpha value is -4.93. The number of ether oxygens (including phenoxy) is 1. The summed E-state index contributed by atoms with van der Waals surface area (Å²) in [4.78, 5) is 48.7. The van der Waals surface area contributed by atoms with Crippen molar-refractivity contribution < 1.29 is 50.9 Å². The molecule has 0 radical (unpaired) electrons. The molecule has 0 spiro atoms. The number of anilines is 2. The van der Waals surface area contributed by atoms with Crippen LogP contribution >= 0.6 is 11.3 Å². The second kappa shape index (κ2) is 16.2. The number of carbonyl (C=O) groups excluding carboxylic acids is 2. The number of aryl methyl sites for hydroxylation is 2. The lowest BCUT2D eigenvalue weighted by Gasteiger charge is -2.50. The molecule has 5 rings (SSSR count). The van der Waals surface area contributed by atoms with E-state index in [2.05, 4.69) is 35.8 Å². The van der Waals surface area contributed by atoms with Gasteiger partial charge in [0.15, 0.2) is 16.9 Å². The number of oxime groups is 1. The molecule has 1 saturated heterocycles. The van der Waals surface area contributed by atoms with Gasteiger partial charge in [0, 0.05) is 17.0 Å². The van der Waals surface area contributed by atoms with E-state index in [1.54, 1.807) is 6.07 Å². The Balaban J connectivity index is 1.36. The summed E-state index contributed by atoms with van der Waals surface area (Å²) in [5.74, 6) is -2.02. The van der Waals surface area contributed by atoms with Crippen LogP contribution in [0.25, 0.3) is 11.1 Å². The number of pyridine rings is 1. The molecule has 0 bridgehead atoms. The summed E-state index contributed by atoms with van der Waals surface area (Å²) in [6.45, 7) is 6.61. The lowest BCUT2D eigenvalue weighted by Crippen LogP contribution is -2.76. The zero-order valence-corrected chi connectivity index (χ0v) is 31.5. The number of nitrogens with one attached hydrogen (secondary N) is 2. The van der Waals surface area contributed by atoms with E-state index in [0.717, 1.165) is 59.8 Å². The molecular formula is C33H44N9O10S2+. The molecule has 292 valence electrons. The third-order valence-electron chi connectivity index (χ3n) is 9.12. The number of benzene rings is 1. The van der Waals surface area contributed by atoms with E-state index in [9.17, 15) is 27.9 Å². The molecule has 3 atom stereocenters. The fourth-order valence-electron chi connectivity index (χ4n) is 5.99. The summed E-state index contributed by atoms with van der Waals surface area (Å²) >= 11 is 0.970. The summed E-state index contributed by atoms with van der Waals surface area (Å²) < 4.78 is 44.1. The second-order valence-corrected chi connectivity index (χ2v) is 15.3. The Morgan fingerprint density at radius 3 is 2.56 bits per heavy atom. The molecule has 0 saturated carbocycles. The van der Waals surface area contributed by atoms with Crippen molar-refractivity contribution in [2.24, 2.45) is 16.6 Å². The van der Waals surface area contributed by atoms with Gasteiger partial charge in [0.25, 0.3) is 23.2 Å². The van der Waals surface area contributed by atoms with Crippen LogP contribution in [0.3, 0.4) is 0 Å². The van der Waals surface area contributed by atoms with Crippen molar-refractivity contribution in [1.82, 2.24) is 15.4 Å². The second-order valence-electron chi connectivity index (χ2n) is 13.4. The smallest absolute Gasteiger partial charge is 0.418 e. The van der Waals surface area contributed by atoms with Gasteiger partial charge in [0.05, 0.1) is 24.8 Å². The number of carboxylic acid groups (broad SMARTS) is 1. The number of thiazole rings is 1. The van der Waals surface area contributed by atoms with Crippen molar-refractivity contribution >= 4 is 56.2 Å². The van der Waals surface area contributed by atoms with Gasteiger partial charge in [-0.3, -0.25) is 19.5 Å². The van der Waals surface area contributed by atoms with Crippen molar-refractivity contribution in [1.29, 1.82) is 0 Å². The number of nitrogens with zero attached hydrogens (tertiary/aromatic N) is 4. The van der Waals surface area contributed by atoms with Crippen LogP contribution in [0.1, 0.15) is 51.3 Å². The standard InChI is InChI=1S/C33H43N9O10S2/c1-32(2)27(29(44)42(32)52-54(47,48)49)39-28(43)26(22-18-53-31(36)38-22)40-51-33(3,30(45)46)24-10-7-20-16-19(6-9-23(20)50-24)21-8-11-25(37-14-4-12-34)41(17-21)15-5-13-35/h6,8-9,11,16-18,24,27H,4-5,7,10,12-15,34-35H2,1-3H3,(H5,36,38,39,43,45,46,47,48,49)/p+1/b40-26-/t24-,27-,33+/m1/s1. The highest BCUT2D eigenvalue weighted by Crippen LogP contribution is 2.37. The first-order chi connectivity index (χ1) is 25.5. The first-order valence-corrected chi connectivity index (χ1v) is 19.2. The number of carbonyl (C=O) groups is 3. The van der Waals surface area contributed by atoms with Crippen LogP contribution in [0.15, 0.2) is 47.1 Å². The lowest BCUT2D eigenvalue weighted by molar-refractivity contribution is -0.682. The summed E-state index contributed by atoms with van der Waals surface area (Å²) in [5, 5.41) is 22.0. The van der Waals surface area contributed by atoms with Crippen molar-refractivity contribution in [3.8, 4) is 16.9 Å². The number of hydroxylamine groups is 2. The molecule has 21 heteroatoms. The SMILES string of the molecule is CC1(C)[C@H](NC(=O)/C(=N\O[C@](C)(C(=O)O)[C@H]2CCc3cc(-c4ccc(NCCCN)[n+](CCCN)c4)ccc3O2)c2csc(N)n2)C(=O)N1OS(=O)(=O)O. The molecule has 2 aliphatic heterocycles.